The molecule has 35 heavy (non-hydrogen) atoms. The molecule has 1 amide bonds. The molecule has 0 saturated carbocycles. The minimum absolute atomic E-state index is 0.106. The molecule has 0 aromatic heterocycles. The summed E-state index contributed by atoms with van der Waals surface area (Å²) in [5.74, 6) is 0.369. The molecule has 1 aliphatic rings. The van der Waals surface area contributed by atoms with E-state index in [1.54, 1.807) is 23.1 Å². The average Bonchev–Trinajstić information content (AvgIpc) is 3.09. The summed E-state index contributed by atoms with van der Waals surface area (Å²) in [7, 11) is 0. The molecule has 1 N–H and O–H groups in total. The molecule has 2 aromatic carbocycles. The Morgan fingerprint density at radius 3 is 2.49 bits per heavy atom. The van der Waals surface area contributed by atoms with Crippen LogP contribution in [0.4, 0.5) is 0 Å². The lowest BCUT2D eigenvalue weighted by Gasteiger charge is -2.25. The van der Waals surface area contributed by atoms with Gasteiger partial charge < -0.3 is 19.5 Å². The second-order valence-corrected chi connectivity index (χ2v) is 9.45. The van der Waals surface area contributed by atoms with Gasteiger partial charge in [-0.15, -0.1) is 0 Å². The van der Waals surface area contributed by atoms with Crippen molar-refractivity contribution in [2.45, 2.75) is 59.9 Å². The second-order valence-electron chi connectivity index (χ2n) is 9.45. The first-order valence-electron chi connectivity index (χ1n) is 12.5. The van der Waals surface area contributed by atoms with Crippen LogP contribution in [0.25, 0.3) is 5.76 Å². The fourth-order valence-electron chi connectivity index (χ4n) is 4.15. The van der Waals surface area contributed by atoms with Gasteiger partial charge in [-0.2, -0.15) is 0 Å². The van der Waals surface area contributed by atoms with Crippen LogP contribution in [0.15, 0.2) is 48.0 Å². The van der Waals surface area contributed by atoms with Crippen LogP contribution in [0.5, 0.6) is 11.5 Å². The number of hydrogen-bond acceptors (Lipinski definition) is 5. The standard InChI is InChI=1S/C29H37NO5/c1-6-8-14-30-26(21-10-9-11-23(17-21)34-15-7-2)25(28(32)29(30)33)27(31)22-12-13-24(20(5)16-22)35-18-19(3)4/h9-13,16-17,19,26,31H,6-8,14-15,18H2,1-5H3/b27-25+. The van der Waals surface area contributed by atoms with Gasteiger partial charge in [-0.25, -0.2) is 0 Å². The smallest absolute Gasteiger partial charge is 0.295 e. The predicted molar refractivity (Wildman–Crippen MR) is 138 cm³/mol. The van der Waals surface area contributed by atoms with Crippen molar-refractivity contribution in [1.82, 2.24) is 4.90 Å². The summed E-state index contributed by atoms with van der Waals surface area (Å²) in [6.07, 6.45) is 2.51. The monoisotopic (exact) mass is 479 g/mol. The molecule has 6 heteroatoms. The van der Waals surface area contributed by atoms with Gasteiger partial charge in [0.2, 0.25) is 0 Å². The number of rotatable bonds is 11. The van der Waals surface area contributed by atoms with Crippen LogP contribution < -0.4 is 9.47 Å². The predicted octanol–water partition coefficient (Wildman–Crippen LogP) is 6.04. The van der Waals surface area contributed by atoms with Gasteiger partial charge in [0, 0.05) is 12.1 Å². The molecule has 1 atom stereocenters. The van der Waals surface area contributed by atoms with Crippen molar-refractivity contribution >= 4 is 17.4 Å². The van der Waals surface area contributed by atoms with E-state index in [2.05, 4.69) is 13.8 Å². The van der Waals surface area contributed by atoms with Crippen LogP contribution in [-0.2, 0) is 9.59 Å². The number of likely N-dealkylation sites (tertiary alicyclic amines) is 1. The first kappa shape index (κ1) is 26.3. The van der Waals surface area contributed by atoms with Crippen LogP contribution in [0.3, 0.4) is 0 Å². The van der Waals surface area contributed by atoms with Crippen molar-refractivity contribution in [2.75, 3.05) is 19.8 Å². The molecule has 188 valence electrons. The number of nitrogens with zero attached hydrogens (tertiary/aromatic N) is 1. The number of aryl methyl sites for hydroxylation is 1. The maximum atomic E-state index is 13.2. The van der Waals surface area contributed by atoms with E-state index in [-0.39, 0.29) is 11.3 Å². The van der Waals surface area contributed by atoms with E-state index in [1.807, 2.05) is 45.0 Å². The zero-order valence-corrected chi connectivity index (χ0v) is 21.5. The molecule has 1 aliphatic heterocycles. The third-order valence-electron chi connectivity index (χ3n) is 5.96. The molecule has 0 radical (unpaired) electrons. The molecule has 0 bridgehead atoms. The number of unbranched alkanes of at least 4 members (excludes halogenated alkanes) is 1. The normalized spacial score (nSPS) is 17.3. The topological polar surface area (TPSA) is 76.1 Å². The van der Waals surface area contributed by atoms with Gasteiger partial charge in [0.15, 0.2) is 0 Å². The number of benzene rings is 2. The third-order valence-corrected chi connectivity index (χ3v) is 5.96. The third kappa shape index (κ3) is 6.05. The lowest BCUT2D eigenvalue weighted by molar-refractivity contribution is -0.139. The van der Waals surface area contributed by atoms with Crippen molar-refractivity contribution < 1.29 is 24.2 Å². The zero-order chi connectivity index (χ0) is 25.5. The summed E-state index contributed by atoms with van der Waals surface area (Å²) < 4.78 is 11.6. The minimum Gasteiger partial charge on any atom is -0.507 e. The Kier molecular flexibility index (Phi) is 8.96. The van der Waals surface area contributed by atoms with E-state index in [4.69, 9.17) is 9.47 Å². The van der Waals surface area contributed by atoms with Crippen LogP contribution in [0, 0.1) is 12.8 Å². The lowest BCUT2D eigenvalue weighted by Crippen LogP contribution is -2.30. The molecule has 0 aliphatic carbocycles. The first-order chi connectivity index (χ1) is 16.8. The Hall–Kier alpha value is -3.28. The highest BCUT2D eigenvalue weighted by molar-refractivity contribution is 6.46. The average molecular weight is 480 g/mol. The van der Waals surface area contributed by atoms with E-state index >= 15 is 0 Å². The minimum atomic E-state index is -0.677. The van der Waals surface area contributed by atoms with Crippen LogP contribution >= 0.6 is 0 Å². The fourth-order valence-corrected chi connectivity index (χ4v) is 4.15. The molecule has 2 aromatic rings. The molecule has 1 fully saturated rings. The Morgan fingerprint density at radius 1 is 1.06 bits per heavy atom. The van der Waals surface area contributed by atoms with Crippen molar-refractivity contribution in [2.24, 2.45) is 5.92 Å². The maximum Gasteiger partial charge on any atom is 0.295 e. The molecule has 1 unspecified atom stereocenters. The Labute approximate surface area is 208 Å². The molecule has 6 nitrogen and oxygen atoms in total. The number of ether oxygens (including phenoxy) is 2. The summed E-state index contributed by atoms with van der Waals surface area (Å²) in [6.45, 7) is 11.7. The number of carbonyl (C=O) groups is 2. The Balaban J connectivity index is 2.07. The fraction of sp³-hybridized carbons (Fsp3) is 0.448. The summed E-state index contributed by atoms with van der Waals surface area (Å²) in [5.41, 5.74) is 2.18. The number of hydrogen-bond donors (Lipinski definition) is 1. The highest BCUT2D eigenvalue weighted by atomic mass is 16.5. The van der Waals surface area contributed by atoms with E-state index in [0.717, 1.165) is 36.1 Å². The van der Waals surface area contributed by atoms with E-state index in [9.17, 15) is 14.7 Å². The molecular formula is C29H37NO5. The van der Waals surface area contributed by atoms with Gasteiger partial charge in [-0.1, -0.05) is 46.2 Å². The number of carbonyl (C=O) groups excluding carboxylic acids is 2. The molecule has 1 heterocycles. The van der Waals surface area contributed by atoms with E-state index in [0.29, 0.717) is 37.0 Å². The van der Waals surface area contributed by atoms with Gasteiger partial charge >= 0.3 is 0 Å². The number of ketones is 1. The Morgan fingerprint density at radius 2 is 1.83 bits per heavy atom. The maximum absolute atomic E-state index is 13.2. The van der Waals surface area contributed by atoms with Gasteiger partial charge in [-0.3, -0.25) is 9.59 Å². The Bertz CT molecular complexity index is 1090. The molecule has 0 spiro atoms. The SMILES string of the molecule is CCCCN1C(=O)C(=O)/C(=C(/O)c2ccc(OCC(C)C)c(C)c2)C1c1cccc(OCCC)c1. The molecular weight excluding hydrogens is 442 g/mol. The molecule has 1 saturated heterocycles. The first-order valence-corrected chi connectivity index (χ1v) is 12.5. The zero-order valence-electron chi connectivity index (χ0n) is 21.5. The van der Waals surface area contributed by atoms with Crippen molar-refractivity contribution in [1.29, 1.82) is 0 Å². The van der Waals surface area contributed by atoms with Crippen molar-refractivity contribution in [3.63, 3.8) is 0 Å². The number of Topliss-reactive ketones (excluding diaryl/α,β-unsaturated/α-hetero) is 1. The summed E-state index contributed by atoms with van der Waals surface area (Å²) >= 11 is 0. The highest BCUT2D eigenvalue weighted by Gasteiger charge is 2.45. The van der Waals surface area contributed by atoms with Crippen LogP contribution in [-0.4, -0.2) is 41.5 Å². The lowest BCUT2D eigenvalue weighted by atomic mass is 9.94. The van der Waals surface area contributed by atoms with Gasteiger partial charge in [0.1, 0.15) is 17.3 Å². The molecule has 3 rings (SSSR count). The van der Waals surface area contributed by atoms with Gasteiger partial charge in [0.25, 0.3) is 11.7 Å². The summed E-state index contributed by atoms with van der Waals surface area (Å²) in [5, 5.41) is 11.3. The van der Waals surface area contributed by atoms with Gasteiger partial charge in [0.05, 0.1) is 24.8 Å². The van der Waals surface area contributed by atoms with Gasteiger partial charge in [-0.05, 0) is 67.1 Å². The quantitative estimate of drug-likeness (QED) is 0.242. The van der Waals surface area contributed by atoms with Crippen LogP contribution in [0.1, 0.15) is 69.7 Å². The number of aliphatic hydroxyl groups is 1. The largest absolute Gasteiger partial charge is 0.507 e. The number of aliphatic hydroxyl groups excluding tert-OH is 1. The van der Waals surface area contributed by atoms with E-state index in [1.165, 1.54) is 0 Å². The van der Waals surface area contributed by atoms with Crippen molar-refractivity contribution in [3.8, 4) is 11.5 Å². The highest BCUT2D eigenvalue weighted by Crippen LogP contribution is 2.40. The van der Waals surface area contributed by atoms with Crippen LogP contribution in [0.2, 0.25) is 0 Å². The van der Waals surface area contributed by atoms with E-state index < -0.39 is 17.7 Å². The summed E-state index contributed by atoms with van der Waals surface area (Å²) in [4.78, 5) is 27.8. The summed E-state index contributed by atoms with van der Waals surface area (Å²) in [6, 6.07) is 12.1. The van der Waals surface area contributed by atoms with Crippen molar-refractivity contribution in [3.05, 3.63) is 64.7 Å². The second kappa shape index (κ2) is 11.9. The number of amides is 1.